The highest BCUT2D eigenvalue weighted by Crippen LogP contribution is 2.40. The van der Waals surface area contributed by atoms with E-state index in [9.17, 15) is 18.3 Å². The summed E-state index contributed by atoms with van der Waals surface area (Å²) in [7, 11) is -3.98. The van der Waals surface area contributed by atoms with Crippen molar-refractivity contribution in [3.8, 4) is 0 Å². The van der Waals surface area contributed by atoms with Crippen molar-refractivity contribution in [1.29, 1.82) is 0 Å². The monoisotopic (exact) mass is 610 g/mol. The molecular weight excluding hydrogens is 556 g/mol. The van der Waals surface area contributed by atoms with Crippen LogP contribution in [0.4, 0.5) is 0 Å². The van der Waals surface area contributed by atoms with Gasteiger partial charge in [0, 0.05) is 26.1 Å². The lowest BCUT2D eigenvalue weighted by molar-refractivity contribution is -0.147. The summed E-state index contributed by atoms with van der Waals surface area (Å²) in [4.78, 5) is 11.9. The molecule has 0 aliphatic heterocycles. The standard InChI is InChI=1S/C33H54O8S/c1-5-6-7-10-13-21-38-23-24-39-22-20-30-29(14-11-8-9-12-15-33(35)40-26(2)3)31(34)25-32(30)41-42(36,37)28-18-16-27(4)17-19-28/h8,11,16-19,26,29-32,34H,5-7,9-10,12-15,20-25H2,1-4H3/b11-8-/t29-,30-,31+,32-/m1/s1. The maximum Gasteiger partial charge on any atom is 0.306 e. The highest BCUT2D eigenvalue weighted by atomic mass is 32.2. The first-order chi connectivity index (χ1) is 20.1. The molecule has 4 atom stereocenters. The molecule has 42 heavy (non-hydrogen) atoms. The Balaban J connectivity index is 1.90. The third kappa shape index (κ3) is 14.1. The molecule has 0 unspecified atom stereocenters. The Bertz CT molecular complexity index is 1010. The molecule has 0 bridgehead atoms. The number of hydrogen-bond donors (Lipinski definition) is 1. The molecule has 0 heterocycles. The van der Waals surface area contributed by atoms with Crippen LogP contribution in [0.5, 0.6) is 0 Å². The van der Waals surface area contributed by atoms with Gasteiger partial charge in [0.25, 0.3) is 10.1 Å². The zero-order valence-electron chi connectivity index (χ0n) is 26.2. The van der Waals surface area contributed by atoms with Crippen LogP contribution in [-0.4, -0.2) is 64.2 Å². The SMILES string of the molecule is CCCCCCCOCCOCC[C@@H]1[C@@H](C/C=C\CCCC(=O)OC(C)C)[C@@H](O)C[C@H]1OS(=O)(=O)c1ccc(C)cc1. The number of rotatable bonds is 22. The van der Waals surface area contributed by atoms with E-state index in [1.165, 1.54) is 25.7 Å². The van der Waals surface area contributed by atoms with Crippen LogP contribution in [0.15, 0.2) is 41.3 Å². The third-order valence-corrected chi connectivity index (χ3v) is 8.96. The number of carbonyl (C=O) groups is 1. The normalized spacial score (nSPS) is 21.0. The summed E-state index contributed by atoms with van der Waals surface area (Å²) in [6.45, 7) is 9.93. The van der Waals surface area contributed by atoms with Crippen LogP contribution in [0, 0.1) is 18.8 Å². The van der Waals surface area contributed by atoms with E-state index in [0.29, 0.717) is 45.5 Å². The van der Waals surface area contributed by atoms with E-state index in [1.807, 2.05) is 32.9 Å². The predicted molar refractivity (Wildman–Crippen MR) is 165 cm³/mol. The van der Waals surface area contributed by atoms with Crippen molar-refractivity contribution in [3.05, 3.63) is 42.0 Å². The summed E-state index contributed by atoms with van der Waals surface area (Å²) in [5, 5.41) is 10.9. The molecule has 240 valence electrons. The van der Waals surface area contributed by atoms with E-state index in [4.69, 9.17) is 18.4 Å². The number of hydrogen-bond acceptors (Lipinski definition) is 8. The largest absolute Gasteiger partial charge is 0.463 e. The summed E-state index contributed by atoms with van der Waals surface area (Å²) in [5.41, 5.74) is 0.962. The van der Waals surface area contributed by atoms with E-state index in [2.05, 4.69) is 6.92 Å². The van der Waals surface area contributed by atoms with Crippen LogP contribution in [0.25, 0.3) is 0 Å². The smallest absolute Gasteiger partial charge is 0.306 e. The van der Waals surface area contributed by atoms with Gasteiger partial charge in [-0.1, -0.05) is 62.5 Å². The van der Waals surface area contributed by atoms with Gasteiger partial charge in [-0.15, -0.1) is 0 Å². The number of aliphatic hydroxyl groups is 1. The molecule has 1 saturated carbocycles. The summed E-state index contributed by atoms with van der Waals surface area (Å²) in [6.07, 6.45) is 11.8. The van der Waals surface area contributed by atoms with E-state index in [-0.39, 0.29) is 35.2 Å². The van der Waals surface area contributed by atoms with Crippen LogP contribution in [0.2, 0.25) is 0 Å². The number of benzene rings is 1. The van der Waals surface area contributed by atoms with E-state index in [0.717, 1.165) is 25.0 Å². The molecule has 1 fully saturated rings. The number of aryl methyl sites for hydroxylation is 1. The first kappa shape index (κ1) is 36.4. The van der Waals surface area contributed by atoms with Gasteiger partial charge in [-0.3, -0.25) is 8.98 Å². The Morgan fingerprint density at radius 2 is 1.64 bits per heavy atom. The van der Waals surface area contributed by atoms with E-state index < -0.39 is 22.3 Å². The molecule has 1 N–H and O–H groups in total. The minimum Gasteiger partial charge on any atom is -0.463 e. The maximum atomic E-state index is 13.1. The average Bonchev–Trinajstić information content (AvgIpc) is 3.21. The molecule has 2 rings (SSSR count). The Labute approximate surface area is 254 Å². The second-order valence-corrected chi connectivity index (χ2v) is 13.2. The van der Waals surface area contributed by atoms with Gasteiger partial charge in [-0.2, -0.15) is 8.42 Å². The summed E-state index contributed by atoms with van der Waals surface area (Å²) < 4.78 is 48.6. The second-order valence-electron chi connectivity index (χ2n) is 11.6. The topological polar surface area (TPSA) is 108 Å². The molecule has 1 aliphatic carbocycles. The molecule has 1 aromatic rings. The first-order valence-corrected chi connectivity index (χ1v) is 17.2. The Morgan fingerprint density at radius 1 is 0.952 bits per heavy atom. The molecule has 1 aliphatic rings. The van der Waals surface area contributed by atoms with Crippen LogP contribution in [-0.2, 0) is 33.3 Å². The molecular formula is C33H54O8S. The fourth-order valence-corrected chi connectivity index (χ4v) is 6.45. The number of unbranched alkanes of at least 4 members (excludes halogenated alkanes) is 5. The molecule has 0 aromatic heterocycles. The summed E-state index contributed by atoms with van der Waals surface area (Å²) in [5.74, 6) is -0.546. The summed E-state index contributed by atoms with van der Waals surface area (Å²) in [6, 6.07) is 6.59. The highest BCUT2D eigenvalue weighted by Gasteiger charge is 2.44. The number of esters is 1. The minimum atomic E-state index is -3.98. The minimum absolute atomic E-state index is 0.115. The maximum absolute atomic E-state index is 13.1. The van der Waals surface area contributed by atoms with Crippen molar-refractivity contribution in [2.24, 2.45) is 11.8 Å². The quantitative estimate of drug-likeness (QED) is 0.0684. The highest BCUT2D eigenvalue weighted by molar-refractivity contribution is 7.86. The Hall–Kier alpha value is -1.78. The van der Waals surface area contributed by atoms with Crippen LogP contribution < -0.4 is 0 Å². The van der Waals surface area contributed by atoms with Gasteiger partial charge < -0.3 is 19.3 Å². The zero-order chi connectivity index (χ0) is 30.8. The van der Waals surface area contributed by atoms with Crippen molar-refractivity contribution in [2.45, 2.75) is 122 Å². The zero-order valence-corrected chi connectivity index (χ0v) is 27.0. The summed E-state index contributed by atoms with van der Waals surface area (Å²) >= 11 is 0. The van der Waals surface area contributed by atoms with Crippen molar-refractivity contribution in [2.75, 3.05) is 26.4 Å². The lowest BCUT2D eigenvalue weighted by Crippen LogP contribution is -2.27. The van der Waals surface area contributed by atoms with Gasteiger partial charge in [-0.25, -0.2) is 0 Å². The Morgan fingerprint density at radius 3 is 2.33 bits per heavy atom. The lowest BCUT2D eigenvalue weighted by atomic mass is 9.88. The van der Waals surface area contributed by atoms with Crippen LogP contribution >= 0.6 is 0 Å². The van der Waals surface area contributed by atoms with Crippen molar-refractivity contribution in [1.82, 2.24) is 0 Å². The van der Waals surface area contributed by atoms with E-state index in [1.54, 1.807) is 24.3 Å². The van der Waals surface area contributed by atoms with Gasteiger partial charge >= 0.3 is 5.97 Å². The number of ether oxygens (including phenoxy) is 3. The van der Waals surface area contributed by atoms with Gasteiger partial charge in [0.1, 0.15) is 0 Å². The van der Waals surface area contributed by atoms with Crippen molar-refractivity contribution < 1.29 is 36.7 Å². The van der Waals surface area contributed by atoms with Crippen molar-refractivity contribution >= 4 is 16.1 Å². The number of allylic oxidation sites excluding steroid dienone is 2. The molecule has 0 amide bonds. The van der Waals surface area contributed by atoms with Crippen molar-refractivity contribution in [3.63, 3.8) is 0 Å². The fourth-order valence-electron chi connectivity index (χ4n) is 5.32. The molecule has 1 aromatic carbocycles. The van der Waals surface area contributed by atoms with Crippen LogP contribution in [0.3, 0.4) is 0 Å². The van der Waals surface area contributed by atoms with Crippen LogP contribution in [0.1, 0.15) is 97.0 Å². The van der Waals surface area contributed by atoms with Gasteiger partial charge in [0.2, 0.25) is 0 Å². The molecule has 9 heteroatoms. The fraction of sp³-hybridized carbons (Fsp3) is 0.727. The number of aliphatic hydroxyl groups excluding tert-OH is 1. The second kappa shape index (κ2) is 20.2. The molecule has 8 nitrogen and oxygen atoms in total. The Kier molecular flexibility index (Phi) is 17.5. The van der Waals surface area contributed by atoms with Gasteiger partial charge in [0.05, 0.1) is 36.4 Å². The third-order valence-electron chi connectivity index (χ3n) is 7.61. The molecule has 0 spiro atoms. The van der Waals surface area contributed by atoms with Gasteiger partial charge in [0.15, 0.2) is 0 Å². The molecule has 0 saturated heterocycles. The predicted octanol–water partition coefficient (Wildman–Crippen LogP) is 6.53. The average molecular weight is 611 g/mol. The number of carbonyl (C=O) groups excluding carboxylic acids is 1. The lowest BCUT2D eigenvalue weighted by Gasteiger charge is -2.24. The van der Waals surface area contributed by atoms with E-state index >= 15 is 0 Å². The van der Waals surface area contributed by atoms with Gasteiger partial charge in [-0.05, 0) is 76.8 Å². The molecule has 0 radical (unpaired) electrons. The first-order valence-electron chi connectivity index (χ1n) is 15.8.